The predicted molar refractivity (Wildman–Crippen MR) is 107 cm³/mol. The lowest BCUT2D eigenvalue weighted by Crippen LogP contribution is -2.06. The number of hydrogen-bond acceptors (Lipinski definition) is 6. The summed E-state index contributed by atoms with van der Waals surface area (Å²) in [5, 5.41) is 6.95. The van der Waals surface area contributed by atoms with Crippen LogP contribution in [0.1, 0.15) is 23.6 Å². The van der Waals surface area contributed by atoms with Gasteiger partial charge in [0.25, 0.3) is 0 Å². The molecule has 0 aromatic heterocycles. The van der Waals surface area contributed by atoms with Crippen LogP contribution in [0.4, 0.5) is 0 Å². The predicted octanol–water partition coefficient (Wildman–Crippen LogP) is 4.06. The fourth-order valence-corrected chi connectivity index (χ4v) is 2.15. The second kappa shape index (κ2) is 12.9. The van der Waals surface area contributed by atoms with E-state index in [-0.39, 0.29) is 12.6 Å². The summed E-state index contributed by atoms with van der Waals surface area (Å²) in [5.41, 5.74) is 3.14. The molecule has 0 heterocycles. The first-order valence-electron chi connectivity index (χ1n) is 8.20. The van der Waals surface area contributed by atoms with E-state index in [2.05, 4.69) is 21.9 Å². The number of ether oxygens (including phenoxy) is 1. The average molecular weight is 368 g/mol. The number of methoxy groups -OCH3 is 1. The summed E-state index contributed by atoms with van der Waals surface area (Å²) < 4.78 is 4.82. The van der Waals surface area contributed by atoms with Crippen LogP contribution in [0.25, 0.3) is 5.57 Å². The van der Waals surface area contributed by atoms with Gasteiger partial charge in [0.2, 0.25) is 0 Å². The molecular formula is C21H24N2O4. The minimum Gasteiger partial charge on any atom is -0.465 e. The summed E-state index contributed by atoms with van der Waals surface area (Å²) in [4.78, 5) is 21.3. The molecule has 0 saturated carbocycles. The maximum Gasteiger partial charge on any atom is 0.338 e. The van der Waals surface area contributed by atoms with Gasteiger partial charge in [0, 0.05) is 12.3 Å². The SMILES string of the molecule is C/C=C(\C(=O)OC)c1ccccc1CO/N=C\c1ccccc1.C=NOC. The Kier molecular flexibility index (Phi) is 10.3. The Labute approximate surface area is 159 Å². The topological polar surface area (TPSA) is 69.5 Å². The number of benzene rings is 2. The van der Waals surface area contributed by atoms with Crippen LogP contribution in [0, 0.1) is 0 Å². The summed E-state index contributed by atoms with van der Waals surface area (Å²) in [7, 11) is 2.82. The van der Waals surface area contributed by atoms with Crippen molar-refractivity contribution in [2.24, 2.45) is 10.3 Å². The first kappa shape index (κ1) is 21.6. The van der Waals surface area contributed by atoms with Crippen molar-refractivity contribution in [1.29, 1.82) is 0 Å². The third-order valence-corrected chi connectivity index (χ3v) is 3.43. The number of allylic oxidation sites excluding steroid dienone is 1. The standard InChI is InChI=1S/C19H19NO3.C2H5NO/c1-3-17(19(21)22-2)18-12-8-7-11-16(18)14-23-20-13-15-9-5-4-6-10-15;1-3-4-2/h3-13H,14H2,1-2H3;1H2,2H3/b17-3-,20-13-;. The second-order valence-corrected chi connectivity index (χ2v) is 5.08. The molecule has 0 spiro atoms. The highest BCUT2D eigenvalue weighted by molar-refractivity contribution is 6.16. The van der Waals surface area contributed by atoms with Gasteiger partial charge in [-0.2, -0.15) is 0 Å². The molecule has 0 fully saturated rings. The highest BCUT2D eigenvalue weighted by Crippen LogP contribution is 2.21. The first-order valence-corrected chi connectivity index (χ1v) is 8.20. The maximum atomic E-state index is 11.8. The Balaban J connectivity index is 0.000000828. The largest absolute Gasteiger partial charge is 0.465 e. The van der Waals surface area contributed by atoms with Gasteiger partial charge >= 0.3 is 5.97 Å². The van der Waals surface area contributed by atoms with Crippen molar-refractivity contribution in [2.75, 3.05) is 14.2 Å². The van der Waals surface area contributed by atoms with Crippen molar-refractivity contribution in [1.82, 2.24) is 0 Å². The normalized spacial score (nSPS) is 10.6. The van der Waals surface area contributed by atoms with Crippen LogP contribution in [0.5, 0.6) is 0 Å². The van der Waals surface area contributed by atoms with E-state index in [1.807, 2.05) is 54.6 Å². The van der Waals surface area contributed by atoms with Gasteiger partial charge in [-0.15, -0.1) is 5.16 Å². The molecule has 6 nitrogen and oxygen atoms in total. The summed E-state index contributed by atoms with van der Waals surface area (Å²) in [6.45, 7) is 5.08. The van der Waals surface area contributed by atoms with Crippen molar-refractivity contribution in [3.8, 4) is 0 Å². The summed E-state index contributed by atoms with van der Waals surface area (Å²) >= 11 is 0. The summed E-state index contributed by atoms with van der Waals surface area (Å²) in [5.74, 6) is -0.368. The van der Waals surface area contributed by atoms with Crippen molar-refractivity contribution < 1.29 is 19.2 Å². The number of carbonyl (C=O) groups excluding carboxylic acids is 1. The Morgan fingerprint density at radius 2 is 1.70 bits per heavy atom. The van der Waals surface area contributed by atoms with Gasteiger partial charge in [0.1, 0.15) is 13.7 Å². The number of hydrogen-bond donors (Lipinski definition) is 0. The number of carbonyl (C=O) groups is 1. The van der Waals surface area contributed by atoms with Gasteiger partial charge in [-0.05, 0) is 18.1 Å². The quantitative estimate of drug-likeness (QED) is 0.320. The Bertz CT molecular complexity index is 771. The molecule has 0 aliphatic rings. The van der Waals surface area contributed by atoms with E-state index in [0.717, 1.165) is 16.7 Å². The molecule has 0 atom stereocenters. The molecule has 0 amide bonds. The molecular weight excluding hydrogens is 344 g/mol. The minimum absolute atomic E-state index is 0.272. The molecule has 6 heteroatoms. The molecule has 142 valence electrons. The van der Waals surface area contributed by atoms with E-state index in [0.29, 0.717) is 5.57 Å². The number of esters is 1. The summed E-state index contributed by atoms with van der Waals surface area (Å²) in [6.07, 6.45) is 3.39. The van der Waals surface area contributed by atoms with Crippen molar-refractivity contribution in [2.45, 2.75) is 13.5 Å². The lowest BCUT2D eigenvalue weighted by atomic mass is 10.00. The zero-order chi connectivity index (χ0) is 19.9. The average Bonchev–Trinajstić information content (AvgIpc) is 2.73. The smallest absolute Gasteiger partial charge is 0.338 e. The molecule has 0 N–H and O–H groups in total. The van der Waals surface area contributed by atoms with Crippen molar-refractivity contribution in [3.63, 3.8) is 0 Å². The van der Waals surface area contributed by atoms with Gasteiger partial charge in [0.15, 0.2) is 0 Å². The summed E-state index contributed by atoms with van der Waals surface area (Å²) in [6, 6.07) is 17.2. The van der Waals surface area contributed by atoms with E-state index in [4.69, 9.17) is 9.57 Å². The maximum absolute atomic E-state index is 11.8. The minimum atomic E-state index is -0.368. The Morgan fingerprint density at radius 1 is 1.07 bits per heavy atom. The highest BCUT2D eigenvalue weighted by atomic mass is 16.6. The lowest BCUT2D eigenvalue weighted by Gasteiger charge is -2.10. The van der Waals surface area contributed by atoms with E-state index >= 15 is 0 Å². The van der Waals surface area contributed by atoms with Crippen LogP contribution in [0.2, 0.25) is 0 Å². The number of rotatable bonds is 7. The molecule has 0 unspecified atom stereocenters. The van der Waals surface area contributed by atoms with E-state index in [9.17, 15) is 4.79 Å². The third kappa shape index (κ3) is 7.56. The molecule has 0 saturated heterocycles. The second-order valence-electron chi connectivity index (χ2n) is 5.08. The van der Waals surface area contributed by atoms with E-state index in [1.54, 1.807) is 19.2 Å². The van der Waals surface area contributed by atoms with Gasteiger partial charge in [-0.3, -0.25) is 0 Å². The fraction of sp³-hybridized carbons (Fsp3) is 0.190. The third-order valence-electron chi connectivity index (χ3n) is 3.43. The molecule has 0 aliphatic carbocycles. The van der Waals surface area contributed by atoms with Crippen LogP contribution in [-0.2, 0) is 25.8 Å². The zero-order valence-corrected chi connectivity index (χ0v) is 15.8. The molecule has 27 heavy (non-hydrogen) atoms. The first-order chi connectivity index (χ1) is 13.2. The van der Waals surface area contributed by atoms with Gasteiger partial charge in [-0.25, -0.2) is 4.79 Å². The number of oxime groups is 2. The van der Waals surface area contributed by atoms with Crippen LogP contribution < -0.4 is 0 Å². The Morgan fingerprint density at radius 3 is 2.30 bits per heavy atom. The monoisotopic (exact) mass is 368 g/mol. The molecule has 2 aromatic carbocycles. The van der Waals surface area contributed by atoms with Gasteiger partial charge < -0.3 is 14.4 Å². The zero-order valence-electron chi connectivity index (χ0n) is 15.8. The van der Waals surface area contributed by atoms with E-state index in [1.165, 1.54) is 14.2 Å². The lowest BCUT2D eigenvalue weighted by molar-refractivity contribution is -0.133. The van der Waals surface area contributed by atoms with Crippen LogP contribution >= 0.6 is 0 Å². The highest BCUT2D eigenvalue weighted by Gasteiger charge is 2.14. The van der Waals surface area contributed by atoms with E-state index < -0.39 is 0 Å². The molecule has 0 aliphatic heterocycles. The fourth-order valence-electron chi connectivity index (χ4n) is 2.15. The number of nitrogens with zero attached hydrogens (tertiary/aromatic N) is 2. The molecule has 2 aromatic rings. The van der Waals surface area contributed by atoms with Gasteiger partial charge in [0.05, 0.1) is 18.9 Å². The molecule has 2 rings (SSSR count). The Hall–Kier alpha value is -3.41. The van der Waals surface area contributed by atoms with Crippen LogP contribution in [0.15, 0.2) is 71.0 Å². The van der Waals surface area contributed by atoms with Crippen LogP contribution in [-0.4, -0.2) is 33.1 Å². The van der Waals surface area contributed by atoms with Crippen molar-refractivity contribution >= 4 is 24.5 Å². The molecule has 0 radical (unpaired) electrons. The molecule has 0 bridgehead atoms. The van der Waals surface area contributed by atoms with Crippen LogP contribution in [0.3, 0.4) is 0 Å². The van der Waals surface area contributed by atoms with Crippen molar-refractivity contribution in [3.05, 3.63) is 77.4 Å². The van der Waals surface area contributed by atoms with Gasteiger partial charge in [-0.1, -0.05) is 65.8 Å².